The molecule has 0 aliphatic carbocycles. The van der Waals surface area contributed by atoms with E-state index in [4.69, 9.17) is 39.5 Å². The van der Waals surface area contributed by atoms with E-state index in [0.717, 1.165) is 16.9 Å². The van der Waals surface area contributed by atoms with Gasteiger partial charge in [0.2, 0.25) is 0 Å². The van der Waals surface area contributed by atoms with Crippen LogP contribution >= 0.6 is 34.8 Å². The molecule has 2 aromatic carbocycles. The average molecular weight is 302 g/mol. The fraction of sp³-hybridized carbons (Fsp3) is 0.143. The minimum Gasteiger partial charge on any atom is -0.457 e. The number of hydrogen-bond acceptors (Lipinski definition) is 1. The normalized spacial score (nSPS) is 10.4. The summed E-state index contributed by atoms with van der Waals surface area (Å²) in [5.41, 5.74) is 1.89. The van der Waals surface area contributed by atoms with Crippen molar-refractivity contribution in [3.63, 3.8) is 0 Å². The molecule has 2 rings (SSSR count). The summed E-state index contributed by atoms with van der Waals surface area (Å²) >= 11 is 17.8. The minimum absolute atomic E-state index is 0.384. The van der Waals surface area contributed by atoms with Gasteiger partial charge in [0, 0.05) is 15.9 Å². The van der Waals surface area contributed by atoms with Crippen molar-refractivity contribution in [1.29, 1.82) is 0 Å². The predicted octanol–water partition coefficient (Wildman–Crippen LogP) is 5.83. The number of benzene rings is 2. The molecule has 0 saturated heterocycles. The summed E-state index contributed by atoms with van der Waals surface area (Å²) in [4.78, 5) is 0. The fourth-order valence-electron chi connectivity index (χ4n) is 1.51. The van der Waals surface area contributed by atoms with Crippen LogP contribution in [-0.4, -0.2) is 0 Å². The maximum Gasteiger partial charge on any atom is 0.131 e. The van der Waals surface area contributed by atoms with E-state index >= 15 is 0 Å². The van der Waals surface area contributed by atoms with Gasteiger partial charge in [-0.2, -0.15) is 0 Å². The lowest BCUT2D eigenvalue weighted by molar-refractivity contribution is 0.479. The van der Waals surface area contributed by atoms with Crippen LogP contribution in [0.15, 0.2) is 36.4 Å². The zero-order valence-corrected chi connectivity index (χ0v) is 12.0. The summed E-state index contributed by atoms with van der Waals surface area (Å²) in [5.74, 6) is 1.77. The van der Waals surface area contributed by atoms with Gasteiger partial charge in [0.1, 0.15) is 11.5 Å². The maximum absolute atomic E-state index is 6.08. The van der Waals surface area contributed by atoms with Crippen LogP contribution in [-0.2, 0) is 5.88 Å². The number of ether oxygens (including phenoxy) is 1. The van der Waals surface area contributed by atoms with Crippen molar-refractivity contribution in [2.24, 2.45) is 0 Å². The second-order valence-electron chi connectivity index (χ2n) is 3.90. The van der Waals surface area contributed by atoms with Gasteiger partial charge in [-0.3, -0.25) is 0 Å². The molecule has 0 aliphatic rings. The summed E-state index contributed by atoms with van der Waals surface area (Å²) in [6.45, 7) is 1.96. The first kappa shape index (κ1) is 13.5. The molecule has 0 aromatic heterocycles. The highest BCUT2D eigenvalue weighted by Crippen LogP contribution is 2.30. The number of hydrogen-bond donors (Lipinski definition) is 0. The lowest BCUT2D eigenvalue weighted by Crippen LogP contribution is -1.89. The third kappa shape index (κ3) is 3.11. The van der Waals surface area contributed by atoms with E-state index in [0.29, 0.717) is 21.7 Å². The van der Waals surface area contributed by atoms with Crippen molar-refractivity contribution >= 4 is 34.8 Å². The summed E-state index contributed by atoms with van der Waals surface area (Å²) in [5, 5.41) is 1.24. The third-order valence-corrected chi connectivity index (χ3v) is 3.42. The first-order valence-electron chi connectivity index (χ1n) is 5.38. The molecule has 0 N–H and O–H groups in total. The highest BCUT2D eigenvalue weighted by Gasteiger charge is 2.05. The molecular formula is C14H11Cl3O. The molecule has 94 valence electrons. The molecule has 0 fully saturated rings. The SMILES string of the molecule is Cc1ccc(Cl)cc1Oc1ccc(CCl)c(Cl)c1. The van der Waals surface area contributed by atoms with Crippen molar-refractivity contribution < 1.29 is 4.74 Å². The standard InChI is InChI=1S/C14H11Cl3O/c1-9-2-4-11(16)6-14(9)18-12-5-3-10(8-15)13(17)7-12/h2-7H,8H2,1H3. The first-order chi connectivity index (χ1) is 8.60. The number of aryl methyl sites for hydroxylation is 1. The van der Waals surface area contributed by atoms with E-state index < -0.39 is 0 Å². The molecule has 2 aromatic rings. The Kier molecular flexibility index (Phi) is 4.39. The van der Waals surface area contributed by atoms with Crippen LogP contribution in [0.4, 0.5) is 0 Å². The van der Waals surface area contributed by atoms with Crippen molar-refractivity contribution in [3.05, 3.63) is 57.6 Å². The van der Waals surface area contributed by atoms with Crippen molar-refractivity contribution in [2.75, 3.05) is 0 Å². The minimum atomic E-state index is 0.384. The molecule has 0 bridgehead atoms. The molecule has 0 saturated carbocycles. The molecule has 0 amide bonds. The summed E-state index contributed by atoms with van der Waals surface area (Å²) in [6, 6.07) is 11.0. The molecule has 0 aliphatic heterocycles. The Hall–Kier alpha value is -0.890. The van der Waals surface area contributed by atoms with E-state index in [2.05, 4.69) is 0 Å². The van der Waals surface area contributed by atoms with Crippen molar-refractivity contribution in [2.45, 2.75) is 12.8 Å². The summed E-state index contributed by atoms with van der Waals surface area (Å²) in [7, 11) is 0. The number of halogens is 3. The molecular weight excluding hydrogens is 291 g/mol. The van der Waals surface area contributed by atoms with Crippen LogP contribution in [0.2, 0.25) is 10.0 Å². The van der Waals surface area contributed by atoms with Crippen LogP contribution < -0.4 is 4.74 Å². The Bertz CT molecular complexity index is 567. The Morgan fingerprint density at radius 2 is 1.83 bits per heavy atom. The fourth-order valence-corrected chi connectivity index (χ4v) is 2.21. The van der Waals surface area contributed by atoms with E-state index in [1.54, 1.807) is 12.1 Å². The first-order valence-corrected chi connectivity index (χ1v) is 6.67. The Balaban J connectivity index is 2.28. The van der Waals surface area contributed by atoms with Gasteiger partial charge in [0.15, 0.2) is 0 Å². The predicted molar refractivity (Wildman–Crippen MR) is 77.3 cm³/mol. The zero-order valence-electron chi connectivity index (χ0n) is 9.71. The van der Waals surface area contributed by atoms with Gasteiger partial charge in [0.25, 0.3) is 0 Å². The van der Waals surface area contributed by atoms with Gasteiger partial charge in [-0.1, -0.05) is 35.3 Å². The van der Waals surface area contributed by atoms with Crippen LogP contribution in [0.5, 0.6) is 11.5 Å². The molecule has 1 nitrogen and oxygen atoms in total. The van der Waals surface area contributed by atoms with E-state index in [-0.39, 0.29) is 0 Å². The third-order valence-electron chi connectivity index (χ3n) is 2.55. The van der Waals surface area contributed by atoms with Gasteiger partial charge in [-0.15, -0.1) is 11.6 Å². The van der Waals surface area contributed by atoms with E-state index in [1.807, 2.05) is 31.2 Å². The molecule has 4 heteroatoms. The smallest absolute Gasteiger partial charge is 0.131 e. The average Bonchev–Trinajstić information content (AvgIpc) is 2.34. The van der Waals surface area contributed by atoms with E-state index in [1.165, 1.54) is 0 Å². The van der Waals surface area contributed by atoms with Crippen molar-refractivity contribution in [1.82, 2.24) is 0 Å². The van der Waals surface area contributed by atoms with E-state index in [9.17, 15) is 0 Å². The van der Waals surface area contributed by atoms with Gasteiger partial charge >= 0.3 is 0 Å². The second-order valence-corrected chi connectivity index (χ2v) is 5.01. The molecule has 0 heterocycles. The van der Waals surface area contributed by atoms with Gasteiger partial charge in [0.05, 0.1) is 0 Å². The summed E-state index contributed by atoms with van der Waals surface area (Å²) in [6.07, 6.45) is 0. The quantitative estimate of drug-likeness (QED) is 0.648. The highest BCUT2D eigenvalue weighted by atomic mass is 35.5. The maximum atomic E-state index is 6.08. The van der Waals surface area contributed by atoms with Crippen LogP contribution in [0.1, 0.15) is 11.1 Å². The van der Waals surface area contributed by atoms with Crippen LogP contribution in [0.25, 0.3) is 0 Å². The van der Waals surface area contributed by atoms with Gasteiger partial charge in [-0.25, -0.2) is 0 Å². The Labute approximate surface area is 121 Å². The van der Waals surface area contributed by atoms with Gasteiger partial charge < -0.3 is 4.74 Å². The van der Waals surface area contributed by atoms with Crippen LogP contribution in [0.3, 0.4) is 0 Å². The summed E-state index contributed by atoms with van der Waals surface area (Å²) < 4.78 is 5.76. The number of rotatable bonds is 3. The highest BCUT2D eigenvalue weighted by molar-refractivity contribution is 6.32. The van der Waals surface area contributed by atoms with Gasteiger partial charge in [-0.05, 0) is 42.3 Å². The monoisotopic (exact) mass is 300 g/mol. The molecule has 0 radical (unpaired) electrons. The van der Waals surface area contributed by atoms with Crippen molar-refractivity contribution in [3.8, 4) is 11.5 Å². The van der Waals surface area contributed by atoms with Crippen LogP contribution in [0, 0.1) is 6.92 Å². The Morgan fingerprint density at radius 3 is 2.50 bits per heavy atom. The second kappa shape index (κ2) is 5.83. The zero-order chi connectivity index (χ0) is 13.1. The molecule has 0 atom stereocenters. The Morgan fingerprint density at radius 1 is 1.06 bits per heavy atom. The largest absolute Gasteiger partial charge is 0.457 e. The topological polar surface area (TPSA) is 9.23 Å². The molecule has 18 heavy (non-hydrogen) atoms. The lowest BCUT2D eigenvalue weighted by atomic mass is 10.2. The lowest BCUT2D eigenvalue weighted by Gasteiger charge is -2.10. The molecule has 0 spiro atoms. The number of alkyl halides is 1. The molecule has 0 unspecified atom stereocenters.